The lowest BCUT2D eigenvalue weighted by atomic mass is 10.0. The quantitative estimate of drug-likeness (QED) is 0.296. The number of hydrogen-bond acceptors (Lipinski definition) is 8. The van der Waals surface area contributed by atoms with Crippen LogP contribution in [0.15, 0.2) is 88.9 Å². The Hall–Kier alpha value is -4.64. The molecule has 11 heteroatoms. The number of aromatic hydroxyl groups is 1. The monoisotopic (exact) mass is 630 g/mol. The van der Waals surface area contributed by atoms with Crippen molar-refractivity contribution in [3.8, 4) is 5.75 Å². The van der Waals surface area contributed by atoms with E-state index in [9.17, 15) is 23.1 Å². The minimum absolute atomic E-state index is 0.157. The van der Waals surface area contributed by atoms with Gasteiger partial charge in [0.25, 0.3) is 0 Å². The van der Waals surface area contributed by atoms with E-state index >= 15 is 0 Å². The fraction of sp³-hybridized carbons (Fsp3) is 0.324. The highest BCUT2D eigenvalue weighted by Crippen LogP contribution is 2.31. The third kappa shape index (κ3) is 7.20. The predicted molar refractivity (Wildman–Crippen MR) is 172 cm³/mol. The van der Waals surface area contributed by atoms with Gasteiger partial charge in [-0.05, 0) is 68.5 Å². The van der Waals surface area contributed by atoms with E-state index in [1.165, 1.54) is 18.3 Å². The Morgan fingerprint density at radius 1 is 0.978 bits per heavy atom. The van der Waals surface area contributed by atoms with E-state index in [1.807, 2.05) is 25.1 Å². The molecule has 10 nitrogen and oxygen atoms in total. The number of para-hydroxylation sites is 1. The number of piperazine rings is 1. The maximum Gasteiger partial charge on any atom is 0.408 e. The van der Waals surface area contributed by atoms with Crippen LogP contribution in [-0.2, 0) is 25.8 Å². The number of nitrogens with zero attached hydrogens (tertiary/aromatic N) is 3. The molecule has 0 radical (unpaired) electrons. The maximum absolute atomic E-state index is 14.1. The molecule has 1 aliphatic rings. The summed E-state index contributed by atoms with van der Waals surface area (Å²) in [7, 11) is -4.26. The van der Waals surface area contributed by atoms with Gasteiger partial charge in [0.05, 0.1) is 4.90 Å². The van der Waals surface area contributed by atoms with Gasteiger partial charge in [-0.15, -0.1) is 0 Å². The van der Waals surface area contributed by atoms with Crippen molar-refractivity contribution >= 4 is 38.3 Å². The van der Waals surface area contributed by atoms with Gasteiger partial charge in [-0.1, -0.05) is 48.5 Å². The number of pyridine rings is 1. The molecule has 3 aromatic carbocycles. The first-order valence-corrected chi connectivity index (χ1v) is 16.3. The van der Waals surface area contributed by atoms with Crippen LogP contribution in [-0.4, -0.2) is 73.2 Å². The topological polar surface area (TPSA) is 129 Å². The molecule has 1 aliphatic heterocycles. The van der Waals surface area contributed by atoms with Crippen molar-refractivity contribution in [1.82, 2.24) is 15.2 Å². The summed E-state index contributed by atoms with van der Waals surface area (Å²) in [6.07, 6.45) is 0.471. The summed E-state index contributed by atoms with van der Waals surface area (Å²) in [6.45, 7) is 9.23. The molecular formula is C34H38N4O6S. The first-order chi connectivity index (χ1) is 21.3. The highest BCUT2D eigenvalue weighted by atomic mass is 32.2. The number of ether oxygens (including phenoxy) is 1. The lowest BCUT2D eigenvalue weighted by molar-refractivity contribution is -0.133. The van der Waals surface area contributed by atoms with E-state index in [4.69, 9.17) is 4.74 Å². The van der Waals surface area contributed by atoms with Crippen molar-refractivity contribution in [3.05, 3.63) is 90.1 Å². The number of sulfone groups is 1. The first-order valence-electron chi connectivity index (χ1n) is 14.8. The van der Waals surface area contributed by atoms with Crippen molar-refractivity contribution in [2.45, 2.75) is 55.7 Å². The van der Waals surface area contributed by atoms with Crippen LogP contribution in [0.1, 0.15) is 31.9 Å². The molecule has 0 spiro atoms. The van der Waals surface area contributed by atoms with Crippen LogP contribution in [0.5, 0.6) is 5.75 Å². The zero-order valence-electron chi connectivity index (χ0n) is 25.9. The van der Waals surface area contributed by atoms with Gasteiger partial charge in [0.1, 0.15) is 17.4 Å². The SMILES string of the molecule is Cc1ccccc1N1CCN(C(=O)C(Cc2ccc(O)cc2S(=O)(=O)c2nccc3ccccc23)NC(=O)OC(C)(C)C)CC1. The van der Waals surface area contributed by atoms with Crippen molar-refractivity contribution in [2.24, 2.45) is 0 Å². The molecule has 0 saturated carbocycles. The van der Waals surface area contributed by atoms with Crippen LogP contribution in [0.25, 0.3) is 10.8 Å². The normalized spacial score (nSPS) is 14.7. The average molecular weight is 631 g/mol. The van der Waals surface area contributed by atoms with E-state index in [0.717, 1.165) is 17.3 Å². The highest BCUT2D eigenvalue weighted by Gasteiger charge is 2.33. The number of phenols is 1. The van der Waals surface area contributed by atoms with Gasteiger partial charge < -0.3 is 25.0 Å². The fourth-order valence-corrected chi connectivity index (χ4v) is 7.20. The largest absolute Gasteiger partial charge is 0.508 e. The summed E-state index contributed by atoms with van der Waals surface area (Å²) in [5, 5.41) is 14.0. The number of carbonyl (C=O) groups excluding carboxylic acids is 2. The van der Waals surface area contributed by atoms with Crippen LogP contribution in [0.3, 0.4) is 0 Å². The van der Waals surface area contributed by atoms with Crippen molar-refractivity contribution in [3.63, 3.8) is 0 Å². The Kier molecular flexibility index (Phi) is 9.01. The number of fused-ring (bicyclic) bond motifs is 1. The van der Waals surface area contributed by atoms with Gasteiger partial charge >= 0.3 is 6.09 Å². The van der Waals surface area contributed by atoms with Crippen LogP contribution >= 0.6 is 0 Å². The number of hydrogen-bond donors (Lipinski definition) is 2. The summed E-state index contributed by atoms with van der Waals surface area (Å²) < 4.78 is 33.7. The van der Waals surface area contributed by atoms with Gasteiger partial charge in [0.2, 0.25) is 15.7 Å². The Labute approximate surface area is 263 Å². The summed E-state index contributed by atoms with van der Waals surface area (Å²) in [5.41, 5.74) is 1.68. The number of nitrogens with one attached hydrogen (secondary N) is 1. The second-order valence-electron chi connectivity index (χ2n) is 12.1. The molecule has 45 heavy (non-hydrogen) atoms. The third-order valence-electron chi connectivity index (χ3n) is 7.69. The van der Waals surface area contributed by atoms with Crippen molar-refractivity contribution in [2.75, 3.05) is 31.1 Å². The molecule has 1 unspecified atom stereocenters. The van der Waals surface area contributed by atoms with Gasteiger partial charge in [-0.3, -0.25) is 4.79 Å². The van der Waals surface area contributed by atoms with Crippen LogP contribution in [0.4, 0.5) is 10.5 Å². The molecule has 236 valence electrons. The lowest BCUT2D eigenvalue weighted by Gasteiger charge is -2.38. The maximum atomic E-state index is 14.1. The van der Waals surface area contributed by atoms with Gasteiger partial charge in [0, 0.05) is 49.9 Å². The standard InChI is InChI=1S/C34H38N4O6S/c1-23-9-5-8-12-29(23)37-17-19-38(20-18-37)32(40)28(36-33(41)44-34(2,3)4)21-25-13-14-26(39)22-30(25)45(42,43)31-27-11-7-6-10-24(27)15-16-35-31/h5-16,22,28,39H,17-21H2,1-4H3,(H,36,41). The predicted octanol–water partition coefficient (Wildman–Crippen LogP) is 4.87. The number of anilines is 1. The molecule has 0 bridgehead atoms. The molecule has 1 saturated heterocycles. The summed E-state index contributed by atoms with van der Waals surface area (Å²) >= 11 is 0. The Morgan fingerprint density at radius 2 is 1.67 bits per heavy atom. The van der Waals surface area contributed by atoms with Crippen molar-refractivity contribution < 1.29 is 27.9 Å². The number of rotatable bonds is 7. The molecule has 1 aromatic heterocycles. The number of phenolic OH excluding ortho intramolecular Hbond substituents is 1. The number of aromatic nitrogens is 1. The zero-order chi connectivity index (χ0) is 32.4. The second kappa shape index (κ2) is 12.8. The van der Waals surface area contributed by atoms with Crippen LogP contribution in [0, 0.1) is 6.92 Å². The van der Waals surface area contributed by atoms with Gasteiger partial charge in [-0.25, -0.2) is 18.2 Å². The summed E-state index contributed by atoms with van der Waals surface area (Å²) in [5.74, 6) is -0.613. The Morgan fingerprint density at radius 3 is 2.38 bits per heavy atom. The van der Waals surface area contributed by atoms with Gasteiger partial charge in [0.15, 0.2) is 5.03 Å². The summed E-state index contributed by atoms with van der Waals surface area (Å²) in [6, 6.07) is 19.6. The van der Waals surface area contributed by atoms with Crippen molar-refractivity contribution in [1.29, 1.82) is 0 Å². The minimum Gasteiger partial charge on any atom is -0.508 e. The number of aryl methyl sites for hydroxylation is 1. The van der Waals surface area contributed by atoms with E-state index in [0.29, 0.717) is 37.0 Å². The molecular weight excluding hydrogens is 592 g/mol. The molecule has 1 fully saturated rings. The molecule has 2 amide bonds. The minimum atomic E-state index is -4.26. The smallest absolute Gasteiger partial charge is 0.408 e. The average Bonchev–Trinajstić information content (AvgIpc) is 3.00. The molecule has 5 rings (SSSR count). The Bertz CT molecular complexity index is 1820. The van der Waals surface area contributed by atoms with Crippen LogP contribution in [0.2, 0.25) is 0 Å². The lowest BCUT2D eigenvalue weighted by Crippen LogP contribution is -2.56. The molecule has 0 aliphatic carbocycles. The Balaban J connectivity index is 1.46. The number of alkyl carbamates (subject to hydrolysis) is 1. The van der Waals surface area contributed by atoms with Gasteiger partial charge in [-0.2, -0.15) is 0 Å². The van der Waals surface area contributed by atoms with E-state index in [-0.39, 0.29) is 33.6 Å². The summed E-state index contributed by atoms with van der Waals surface area (Å²) in [4.78, 5) is 34.9. The number of benzene rings is 3. The molecule has 1 atom stereocenters. The van der Waals surface area contributed by atoms with E-state index < -0.39 is 27.6 Å². The van der Waals surface area contributed by atoms with Crippen LogP contribution < -0.4 is 10.2 Å². The second-order valence-corrected chi connectivity index (χ2v) is 14.0. The zero-order valence-corrected chi connectivity index (χ0v) is 26.7. The third-order valence-corrected chi connectivity index (χ3v) is 9.49. The number of carbonyl (C=O) groups is 2. The first kappa shape index (κ1) is 31.8. The molecule has 2 heterocycles. The van der Waals surface area contributed by atoms with E-state index in [2.05, 4.69) is 21.3 Å². The fourth-order valence-electron chi connectivity index (χ4n) is 5.55. The molecule has 2 N–H and O–H groups in total. The van der Waals surface area contributed by atoms with E-state index in [1.54, 1.807) is 56.0 Å². The number of amides is 2. The highest BCUT2D eigenvalue weighted by molar-refractivity contribution is 7.91. The molecule has 4 aromatic rings.